The second kappa shape index (κ2) is 8.83. The zero-order valence-corrected chi connectivity index (χ0v) is 14.2. The zero-order valence-electron chi connectivity index (χ0n) is 14.2. The maximum Gasteiger partial charge on any atom is 0.251 e. The van der Waals surface area contributed by atoms with Crippen molar-refractivity contribution in [2.75, 3.05) is 11.9 Å². The Labute approximate surface area is 146 Å². The molecule has 1 aromatic rings. The van der Waals surface area contributed by atoms with Gasteiger partial charge in [-0.2, -0.15) is 5.26 Å². The molecule has 0 radical (unpaired) electrons. The van der Waals surface area contributed by atoms with Gasteiger partial charge < -0.3 is 16.0 Å². The van der Waals surface area contributed by atoms with Crippen molar-refractivity contribution in [1.29, 1.82) is 5.26 Å². The van der Waals surface area contributed by atoms with E-state index in [2.05, 4.69) is 16.0 Å². The number of nitriles is 1. The van der Waals surface area contributed by atoms with Gasteiger partial charge in [0.25, 0.3) is 5.91 Å². The minimum atomic E-state index is -0.329. The number of benzene rings is 1. The normalized spacial score (nSPS) is 19.4. The predicted octanol–water partition coefficient (Wildman–Crippen LogP) is 1.57. The molecule has 0 bridgehead atoms. The van der Waals surface area contributed by atoms with Gasteiger partial charge in [0.15, 0.2) is 0 Å². The van der Waals surface area contributed by atoms with Gasteiger partial charge in [0.05, 0.1) is 12.0 Å². The highest BCUT2D eigenvalue weighted by Gasteiger charge is 2.32. The monoisotopic (exact) mass is 342 g/mol. The van der Waals surface area contributed by atoms with Crippen molar-refractivity contribution in [3.63, 3.8) is 0 Å². The fourth-order valence-electron chi connectivity index (χ4n) is 3.07. The third-order valence-corrected chi connectivity index (χ3v) is 4.21. The Morgan fingerprint density at radius 2 is 2.00 bits per heavy atom. The Morgan fingerprint density at radius 3 is 2.72 bits per heavy atom. The lowest BCUT2D eigenvalue weighted by Gasteiger charge is -2.31. The second-order valence-electron chi connectivity index (χ2n) is 6.11. The van der Waals surface area contributed by atoms with E-state index in [-0.39, 0.29) is 36.2 Å². The molecule has 0 saturated heterocycles. The van der Waals surface area contributed by atoms with E-state index < -0.39 is 0 Å². The van der Waals surface area contributed by atoms with Gasteiger partial charge in [-0.25, -0.2) is 0 Å². The number of hydrogen-bond donors (Lipinski definition) is 3. The summed E-state index contributed by atoms with van der Waals surface area (Å²) in [6, 6.07) is 8.29. The summed E-state index contributed by atoms with van der Waals surface area (Å²) in [5.74, 6) is -1.01. The van der Waals surface area contributed by atoms with Crippen LogP contribution >= 0.6 is 0 Å². The Balaban J connectivity index is 2.05. The van der Waals surface area contributed by atoms with Crippen LogP contribution in [0.2, 0.25) is 0 Å². The summed E-state index contributed by atoms with van der Waals surface area (Å²) in [4.78, 5) is 35.9. The first-order valence-corrected chi connectivity index (χ1v) is 8.34. The number of nitrogens with one attached hydrogen (secondary N) is 3. The van der Waals surface area contributed by atoms with E-state index in [1.54, 1.807) is 24.3 Å². The molecule has 7 heteroatoms. The first kappa shape index (κ1) is 18.5. The summed E-state index contributed by atoms with van der Waals surface area (Å²) >= 11 is 0. The van der Waals surface area contributed by atoms with Crippen LogP contribution in [0, 0.1) is 17.2 Å². The average Bonchev–Trinajstić information content (AvgIpc) is 2.59. The molecule has 1 aliphatic rings. The van der Waals surface area contributed by atoms with Crippen molar-refractivity contribution < 1.29 is 14.4 Å². The van der Waals surface area contributed by atoms with Gasteiger partial charge in [-0.05, 0) is 31.0 Å². The molecule has 0 aliphatic heterocycles. The topological polar surface area (TPSA) is 111 Å². The molecule has 0 aromatic heterocycles. The molecule has 1 fully saturated rings. The van der Waals surface area contributed by atoms with E-state index in [0.717, 1.165) is 19.3 Å². The molecule has 25 heavy (non-hydrogen) atoms. The Kier molecular flexibility index (Phi) is 6.52. The van der Waals surface area contributed by atoms with Crippen LogP contribution in [0.15, 0.2) is 24.3 Å². The predicted molar refractivity (Wildman–Crippen MR) is 92.6 cm³/mol. The summed E-state index contributed by atoms with van der Waals surface area (Å²) < 4.78 is 0. The minimum absolute atomic E-state index is 0.0330. The number of rotatable bonds is 5. The average molecular weight is 342 g/mol. The summed E-state index contributed by atoms with van der Waals surface area (Å²) in [5.41, 5.74) is 0.972. The molecule has 3 N–H and O–H groups in total. The lowest BCUT2D eigenvalue weighted by Crippen LogP contribution is -2.48. The third kappa shape index (κ3) is 5.31. The smallest absolute Gasteiger partial charge is 0.251 e. The number of amides is 3. The van der Waals surface area contributed by atoms with Gasteiger partial charge in [-0.3, -0.25) is 14.4 Å². The van der Waals surface area contributed by atoms with E-state index in [4.69, 9.17) is 5.26 Å². The van der Waals surface area contributed by atoms with Gasteiger partial charge in [0, 0.05) is 24.2 Å². The van der Waals surface area contributed by atoms with Gasteiger partial charge >= 0.3 is 0 Å². The highest BCUT2D eigenvalue weighted by molar-refractivity contribution is 5.97. The van der Waals surface area contributed by atoms with E-state index in [9.17, 15) is 14.4 Å². The zero-order chi connectivity index (χ0) is 18.2. The summed E-state index contributed by atoms with van der Waals surface area (Å²) in [6.45, 7) is 1.37. The maximum absolute atomic E-state index is 12.5. The van der Waals surface area contributed by atoms with E-state index >= 15 is 0 Å². The lowest BCUT2D eigenvalue weighted by molar-refractivity contribution is -0.126. The van der Waals surface area contributed by atoms with Crippen LogP contribution in [0.25, 0.3) is 0 Å². The fourth-order valence-corrected chi connectivity index (χ4v) is 3.07. The Bertz CT molecular complexity index is 696. The van der Waals surface area contributed by atoms with E-state index in [1.807, 2.05) is 6.07 Å². The van der Waals surface area contributed by atoms with Gasteiger partial charge in [0.2, 0.25) is 11.8 Å². The standard InChI is InChI=1S/C18H22N4O3/c1-12(23)21-14-6-4-5-13(11-14)17(24)22-16-8-3-2-7-15(16)18(25)20-10-9-19/h4-6,11,15-16H,2-3,7-8,10H2,1H3,(H,20,25)(H,21,23)(H,22,24)/t15-,16+/m0/s1. The molecule has 3 amide bonds. The molecule has 0 heterocycles. The van der Waals surface area contributed by atoms with Crippen molar-refractivity contribution in [3.05, 3.63) is 29.8 Å². The number of carbonyl (C=O) groups is 3. The van der Waals surface area contributed by atoms with Crippen LogP contribution in [0.5, 0.6) is 0 Å². The molecule has 2 atom stereocenters. The minimum Gasteiger partial charge on any atom is -0.349 e. The van der Waals surface area contributed by atoms with Crippen LogP contribution in [-0.4, -0.2) is 30.3 Å². The molecule has 1 saturated carbocycles. The number of carbonyl (C=O) groups excluding carboxylic acids is 3. The number of nitrogens with zero attached hydrogens (tertiary/aromatic N) is 1. The van der Waals surface area contributed by atoms with Crippen LogP contribution in [0.4, 0.5) is 5.69 Å². The van der Waals surface area contributed by atoms with Gasteiger partial charge in [-0.15, -0.1) is 0 Å². The quantitative estimate of drug-likeness (QED) is 0.705. The fraction of sp³-hybridized carbons (Fsp3) is 0.444. The molecule has 0 spiro atoms. The van der Waals surface area contributed by atoms with Crippen molar-refractivity contribution in [2.24, 2.45) is 5.92 Å². The molecule has 0 unspecified atom stereocenters. The maximum atomic E-state index is 12.5. The highest BCUT2D eigenvalue weighted by Crippen LogP contribution is 2.25. The molecule has 7 nitrogen and oxygen atoms in total. The molecule has 2 rings (SSSR count). The molecule has 1 aliphatic carbocycles. The summed E-state index contributed by atoms with van der Waals surface area (Å²) in [7, 11) is 0. The Morgan fingerprint density at radius 1 is 1.24 bits per heavy atom. The Hall–Kier alpha value is -2.88. The van der Waals surface area contributed by atoms with Crippen LogP contribution in [0.1, 0.15) is 43.0 Å². The summed E-state index contributed by atoms with van der Waals surface area (Å²) in [6.07, 6.45) is 3.28. The van der Waals surface area contributed by atoms with Crippen LogP contribution < -0.4 is 16.0 Å². The number of anilines is 1. The first-order chi connectivity index (χ1) is 12.0. The SMILES string of the molecule is CC(=O)Nc1cccc(C(=O)N[C@@H]2CCCC[C@@H]2C(=O)NCC#N)c1. The van der Waals surface area contributed by atoms with E-state index in [1.165, 1.54) is 6.92 Å². The van der Waals surface area contributed by atoms with E-state index in [0.29, 0.717) is 17.7 Å². The van der Waals surface area contributed by atoms with Crippen molar-refractivity contribution in [3.8, 4) is 6.07 Å². The second-order valence-corrected chi connectivity index (χ2v) is 6.11. The first-order valence-electron chi connectivity index (χ1n) is 8.34. The third-order valence-electron chi connectivity index (χ3n) is 4.21. The lowest BCUT2D eigenvalue weighted by atomic mass is 9.83. The van der Waals surface area contributed by atoms with Gasteiger partial charge in [-0.1, -0.05) is 18.9 Å². The molecular formula is C18H22N4O3. The highest BCUT2D eigenvalue weighted by atomic mass is 16.2. The van der Waals surface area contributed by atoms with Gasteiger partial charge in [0.1, 0.15) is 6.54 Å². The molecular weight excluding hydrogens is 320 g/mol. The molecule has 1 aromatic carbocycles. The van der Waals surface area contributed by atoms with Crippen LogP contribution in [0.3, 0.4) is 0 Å². The van der Waals surface area contributed by atoms with Crippen molar-refractivity contribution in [2.45, 2.75) is 38.6 Å². The largest absolute Gasteiger partial charge is 0.349 e. The van der Waals surface area contributed by atoms with Crippen molar-refractivity contribution in [1.82, 2.24) is 10.6 Å². The van der Waals surface area contributed by atoms with Crippen molar-refractivity contribution >= 4 is 23.4 Å². The van der Waals surface area contributed by atoms with Crippen LogP contribution in [-0.2, 0) is 9.59 Å². The molecule has 132 valence electrons. The number of hydrogen-bond acceptors (Lipinski definition) is 4. The summed E-state index contributed by atoms with van der Waals surface area (Å²) in [5, 5.41) is 16.7.